The quantitative estimate of drug-likeness (QED) is 0.705. The number of aliphatic hydroxyl groups excluding tert-OH is 1. The maximum atomic E-state index is 8.80. The number of nitriles is 1. The molecule has 0 aliphatic heterocycles. The second-order valence-electron chi connectivity index (χ2n) is 4.45. The van der Waals surface area contributed by atoms with E-state index >= 15 is 0 Å². The molecule has 0 atom stereocenters. The summed E-state index contributed by atoms with van der Waals surface area (Å²) in [5, 5.41) is 25.9. The SMILES string of the molecule is N#Cc1ccc(-c2cn3nc(NCCCO)sc3n2)cc1. The van der Waals surface area contributed by atoms with Gasteiger partial charge in [-0.05, 0) is 18.6 Å². The lowest BCUT2D eigenvalue weighted by Gasteiger charge is -1.98. The number of fused-ring (bicyclic) bond motifs is 1. The average Bonchev–Trinajstić information content (AvgIpc) is 3.06. The first-order valence-electron chi connectivity index (χ1n) is 6.51. The molecule has 21 heavy (non-hydrogen) atoms. The first kappa shape index (κ1) is 13.5. The highest BCUT2D eigenvalue weighted by Crippen LogP contribution is 2.24. The first-order chi connectivity index (χ1) is 10.3. The lowest BCUT2D eigenvalue weighted by molar-refractivity contribution is 0.292. The lowest BCUT2D eigenvalue weighted by Crippen LogP contribution is -2.03. The molecular formula is C14H13N5OS. The second kappa shape index (κ2) is 5.91. The molecule has 6 nitrogen and oxygen atoms in total. The summed E-state index contributed by atoms with van der Waals surface area (Å²) in [6.45, 7) is 0.855. The van der Waals surface area contributed by atoms with Gasteiger partial charge in [0.15, 0.2) is 0 Å². The predicted octanol–water partition coefficient (Wildman–Crippen LogP) is 2.12. The summed E-state index contributed by atoms with van der Waals surface area (Å²) in [6.07, 6.45) is 2.56. The number of anilines is 1. The smallest absolute Gasteiger partial charge is 0.214 e. The highest BCUT2D eigenvalue weighted by molar-refractivity contribution is 7.20. The Labute approximate surface area is 125 Å². The van der Waals surface area contributed by atoms with Crippen LogP contribution in [0.1, 0.15) is 12.0 Å². The molecule has 0 unspecified atom stereocenters. The van der Waals surface area contributed by atoms with Crippen LogP contribution in [0.25, 0.3) is 16.2 Å². The summed E-state index contributed by atoms with van der Waals surface area (Å²) in [6, 6.07) is 9.41. The molecule has 0 aliphatic rings. The number of imidazole rings is 1. The van der Waals surface area contributed by atoms with E-state index in [0.29, 0.717) is 18.5 Å². The normalized spacial score (nSPS) is 10.7. The third-order valence-corrected chi connectivity index (χ3v) is 3.84. The minimum Gasteiger partial charge on any atom is -0.396 e. The van der Waals surface area contributed by atoms with Gasteiger partial charge >= 0.3 is 0 Å². The van der Waals surface area contributed by atoms with Crippen LogP contribution < -0.4 is 5.32 Å². The molecule has 3 rings (SSSR count). The zero-order valence-electron chi connectivity index (χ0n) is 11.2. The van der Waals surface area contributed by atoms with Crippen molar-refractivity contribution in [3.05, 3.63) is 36.0 Å². The first-order valence-corrected chi connectivity index (χ1v) is 7.33. The van der Waals surface area contributed by atoms with Crippen molar-refractivity contribution in [1.29, 1.82) is 5.26 Å². The molecule has 1 aromatic carbocycles. The van der Waals surface area contributed by atoms with Gasteiger partial charge in [-0.3, -0.25) is 0 Å². The number of aromatic nitrogens is 3. The van der Waals surface area contributed by atoms with Crippen molar-refractivity contribution < 1.29 is 5.11 Å². The molecule has 2 N–H and O–H groups in total. The summed E-state index contributed by atoms with van der Waals surface area (Å²) in [5.74, 6) is 0. The molecule has 3 aromatic rings. The third-order valence-electron chi connectivity index (χ3n) is 2.96. The van der Waals surface area contributed by atoms with Crippen LogP contribution in [0.2, 0.25) is 0 Å². The average molecular weight is 299 g/mol. The fourth-order valence-corrected chi connectivity index (χ4v) is 2.71. The van der Waals surface area contributed by atoms with E-state index in [-0.39, 0.29) is 6.61 Å². The van der Waals surface area contributed by atoms with E-state index in [1.54, 1.807) is 16.6 Å². The summed E-state index contributed by atoms with van der Waals surface area (Å²) in [4.78, 5) is 5.34. The number of nitrogens with one attached hydrogen (secondary N) is 1. The van der Waals surface area contributed by atoms with Gasteiger partial charge in [-0.25, -0.2) is 9.50 Å². The standard InChI is InChI=1S/C14H13N5OS/c15-8-10-2-4-11(5-3-10)12-9-19-14(17-12)21-13(18-19)16-6-1-7-20/h2-5,9,20H,1,6-7H2,(H,16,18). The van der Waals surface area contributed by atoms with Gasteiger partial charge in [-0.1, -0.05) is 23.5 Å². The number of hydrogen-bond acceptors (Lipinski definition) is 6. The molecule has 2 aromatic heterocycles. The van der Waals surface area contributed by atoms with Crippen LogP contribution in [0.5, 0.6) is 0 Å². The van der Waals surface area contributed by atoms with Crippen LogP contribution in [0.4, 0.5) is 5.13 Å². The van der Waals surface area contributed by atoms with E-state index < -0.39 is 0 Å². The monoisotopic (exact) mass is 299 g/mol. The molecule has 0 fully saturated rings. The van der Waals surface area contributed by atoms with Crippen molar-refractivity contribution in [3.8, 4) is 17.3 Å². The fraction of sp³-hybridized carbons (Fsp3) is 0.214. The minimum atomic E-state index is 0.165. The summed E-state index contributed by atoms with van der Waals surface area (Å²) < 4.78 is 1.74. The van der Waals surface area contributed by atoms with E-state index in [4.69, 9.17) is 10.4 Å². The predicted molar refractivity (Wildman–Crippen MR) is 81.2 cm³/mol. The molecule has 106 valence electrons. The molecule has 0 saturated heterocycles. The van der Waals surface area contributed by atoms with E-state index in [1.807, 2.05) is 18.3 Å². The summed E-state index contributed by atoms with van der Waals surface area (Å²) in [7, 11) is 0. The Morgan fingerprint density at radius 3 is 2.81 bits per heavy atom. The topological polar surface area (TPSA) is 86.2 Å². The molecular weight excluding hydrogens is 286 g/mol. The number of hydrogen-bond donors (Lipinski definition) is 2. The van der Waals surface area contributed by atoms with Gasteiger partial charge in [-0.2, -0.15) is 5.26 Å². The molecule has 0 bridgehead atoms. The third kappa shape index (κ3) is 2.86. The van der Waals surface area contributed by atoms with Crippen molar-refractivity contribution in [2.45, 2.75) is 6.42 Å². The minimum absolute atomic E-state index is 0.165. The Hall–Kier alpha value is -2.43. The van der Waals surface area contributed by atoms with Crippen LogP contribution in [0, 0.1) is 11.3 Å². The van der Waals surface area contributed by atoms with Crippen LogP contribution in [0.3, 0.4) is 0 Å². The largest absolute Gasteiger partial charge is 0.396 e. The Balaban J connectivity index is 1.81. The maximum absolute atomic E-state index is 8.80. The van der Waals surface area contributed by atoms with Crippen molar-refractivity contribution in [2.75, 3.05) is 18.5 Å². The van der Waals surface area contributed by atoms with Crippen molar-refractivity contribution in [1.82, 2.24) is 14.6 Å². The van der Waals surface area contributed by atoms with E-state index in [9.17, 15) is 0 Å². The summed E-state index contributed by atoms with van der Waals surface area (Å²) in [5.41, 5.74) is 2.43. The fourth-order valence-electron chi connectivity index (χ4n) is 1.90. The zero-order chi connectivity index (χ0) is 14.7. The zero-order valence-corrected chi connectivity index (χ0v) is 12.0. The van der Waals surface area contributed by atoms with Gasteiger partial charge in [0, 0.05) is 18.7 Å². The van der Waals surface area contributed by atoms with Gasteiger partial charge in [0.05, 0.1) is 23.5 Å². The summed E-state index contributed by atoms with van der Waals surface area (Å²) >= 11 is 1.47. The van der Waals surface area contributed by atoms with Gasteiger partial charge in [0.25, 0.3) is 0 Å². The van der Waals surface area contributed by atoms with Crippen molar-refractivity contribution in [2.24, 2.45) is 0 Å². The number of nitrogens with zero attached hydrogens (tertiary/aromatic N) is 4. The number of aliphatic hydroxyl groups is 1. The Bertz CT molecular complexity index is 752. The molecule has 0 radical (unpaired) electrons. The Kier molecular flexibility index (Phi) is 3.81. The second-order valence-corrected chi connectivity index (χ2v) is 5.41. The van der Waals surface area contributed by atoms with E-state index in [0.717, 1.165) is 21.3 Å². The van der Waals surface area contributed by atoms with Gasteiger partial charge < -0.3 is 10.4 Å². The molecule has 0 saturated carbocycles. The van der Waals surface area contributed by atoms with Gasteiger partial charge in [-0.15, -0.1) is 5.10 Å². The lowest BCUT2D eigenvalue weighted by atomic mass is 10.1. The molecule has 2 heterocycles. The number of rotatable bonds is 5. The molecule has 0 aliphatic carbocycles. The van der Waals surface area contributed by atoms with E-state index in [1.165, 1.54) is 11.3 Å². The molecule has 0 amide bonds. The van der Waals surface area contributed by atoms with Crippen LogP contribution in [0.15, 0.2) is 30.5 Å². The Morgan fingerprint density at radius 1 is 1.33 bits per heavy atom. The molecule has 0 spiro atoms. The van der Waals surface area contributed by atoms with Gasteiger partial charge in [0.1, 0.15) is 0 Å². The van der Waals surface area contributed by atoms with Crippen LogP contribution >= 0.6 is 11.3 Å². The van der Waals surface area contributed by atoms with Crippen LogP contribution in [-0.4, -0.2) is 32.9 Å². The number of benzene rings is 1. The maximum Gasteiger partial charge on any atom is 0.214 e. The van der Waals surface area contributed by atoms with Gasteiger partial charge in [0.2, 0.25) is 10.1 Å². The van der Waals surface area contributed by atoms with Crippen molar-refractivity contribution >= 4 is 21.4 Å². The van der Waals surface area contributed by atoms with E-state index in [2.05, 4.69) is 21.5 Å². The molecule has 7 heteroatoms. The Morgan fingerprint density at radius 2 is 2.14 bits per heavy atom. The van der Waals surface area contributed by atoms with Crippen molar-refractivity contribution in [3.63, 3.8) is 0 Å². The highest BCUT2D eigenvalue weighted by Gasteiger charge is 2.09. The van der Waals surface area contributed by atoms with Crippen LogP contribution in [-0.2, 0) is 0 Å². The highest BCUT2D eigenvalue weighted by atomic mass is 32.1.